The first kappa shape index (κ1) is 13.4. The number of hydrogen-bond acceptors (Lipinski definition) is 4. The largest absolute Gasteiger partial charge is 0.481 e. The van der Waals surface area contributed by atoms with Crippen LogP contribution in [0.5, 0.6) is 0 Å². The number of amides is 2. The van der Waals surface area contributed by atoms with E-state index in [4.69, 9.17) is 5.11 Å². The summed E-state index contributed by atoms with van der Waals surface area (Å²) in [6, 6.07) is -0.982. The van der Waals surface area contributed by atoms with Crippen LogP contribution in [0.25, 0.3) is 0 Å². The van der Waals surface area contributed by atoms with E-state index in [0.29, 0.717) is 0 Å². The summed E-state index contributed by atoms with van der Waals surface area (Å²) in [5.74, 6) is -0.939. The molecule has 2 amide bonds. The highest BCUT2D eigenvalue weighted by atomic mass is 32.1. The number of aromatic nitrogens is 1. The Kier molecular flexibility index (Phi) is 4.89. The van der Waals surface area contributed by atoms with Crippen LogP contribution in [-0.4, -0.2) is 28.1 Å². The van der Waals surface area contributed by atoms with Gasteiger partial charge in [-0.25, -0.2) is 9.78 Å². The third-order valence-electron chi connectivity index (χ3n) is 2.03. The summed E-state index contributed by atoms with van der Waals surface area (Å²) in [7, 11) is 0. The van der Waals surface area contributed by atoms with Gasteiger partial charge < -0.3 is 15.7 Å². The minimum Gasteiger partial charge on any atom is -0.481 e. The molecule has 1 aromatic heterocycles. The molecule has 0 spiro atoms. The summed E-state index contributed by atoms with van der Waals surface area (Å²) < 4.78 is 0. The number of rotatable bonds is 5. The fourth-order valence-electron chi connectivity index (χ4n) is 1.29. The highest BCUT2D eigenvalue weighted by molar-refractivity contribution is 7.09. The van der Waals surface area contributed by atoms with Gasteiger partial charge >= 0.3 is 12.0 Å². The zero-order valence-corrected chi connectivity index (χ0v) is 10.5. The summed E-state index contributed by atoms with van der Waals surface area (Å²) >= 11 is 1.45. The van der Waals surface area contributed by atoms with Gasteiger partial charge in [-0.15, -0.1) is 11.3 Å². The highest BCUT2D eigenvalue weighted by Gasteiger charge is 2.14. The maximum absolute atomic E-state index is 11.5. The summed E-state index contributed by atoms with van der Waals surface area (Å²) in [4.78, 5) is 26.0. The number of carbonyl (C=O) groups excluding carboxylic acids is 1. The number of nitrogens with one attached hydrogen (secondary N) is 2. The number of nitrogens with zero attached hydrogens (tertiary/aromatic N) is 1. The Hall–Kier alpha value is -1.63. The fraction of sp³-hybridized carbons (Fsp3) is 0.500. The standard InChI is InChI=1S/C10H15N3O3S/c1-6(5-8(14)15)12-10(16)13-7(2)9-11-3-4-17-9/h3-4,6-7H,5H2,1-2H3,(H,14,15)(H2,12,13,16). The molecule has 17 heavy (non-hydrogen) atoms. The molecule has 0 aliphatic heterocycles. The fourth-order valence-corrected chi connectivity index (χ4v) is 1.93. The van der Waals surface area contributed by atoms with Crippen LogP contribution < -0.4 is 10.6 Å². The van der Waals surface area contributed by atoms with Gasteiger partial charge in [-0.05, 0) is 13.8 Å². The van der Waals surface area contributed by atoms with Crippen molar-refractivity contribution in [3.63, 3.8) is 0 Å². The van der Waals surface area contributed by atoms with E-state index in [9.17, 15) is 9.59 Å². The number of carboxylic acids is 1. The number of hydrogen-bond donors (Lipinski definition) is 3. The first-order valence-electron chi connectivity index (χ1n) is 5.17. The van der Waals surface area contributed by atoms with Crippen molar-refractivity contribution in [2.24, 2.45) is 0 Å². The van der Waals surface area contributed by atoms with E-state index in [2.05, 4.69) is 15.6 Å². The first-order chi connectivity index (χ1) is 7.99. The minimum absolute atomic E-state index is 0.0982. The maximum atomic E-state index is 11.5. The van der Waals surface area contributed by atoms with Gasteiger partial charge in [-0.1, -0.05) is 0 Å². The van der Waals surface area contributed by atoms with Crippen LogP contribution in [0.1, 0.15) is 31.3 Å². The molecule has 0 aromatic carbocycles. The van der Waals surface area contributed by atoms with Gasteiger partial charge in [-0.2, -0.15) is 0 Å². The van der Waals surface area contributed by atoms with Gasteiger partial charge in [0, 0.05) is 17.6 Å². The zero-order valence-electron chi connectivity index (χ0n) is 9.64. The van der Waals surface area contributed by atoms with Crippen molar-refractivity contribution in [1.82, 2.24) is 15.6 Å². The van der Waals surface area contributed by atoms with Gasteiger partial charge in [0.25, 0.3) is 0 Å². The van der Waals surface area contributed by atoms with E-state index < -0.39 is 12.0 Å². The normalized spacial score (nSPS) is 13.8. The molecular weight excluding hydrogens is 242 g/mol. The molecule has 2 unspecified atom stereocenters. The van der Waals surface area contributed by atoms with Gasteiger partial charge in [-0.3, -0.25) is 4.79 Å². The predicted molar refractivity (Wildman–Crippen MR) is 63.9 cm³/mol. The van der Waals surface area contributed by atoms with E-state index >= 15 is 0 Å². The van der Waals surface area contributed by atoms with Crippen molar-refractivity contribution in [2.75, 3.05) is 0 Å². The Morgan fingerprint density at radius 2 is 2.18 bits per heavy atom. The maximum Gasteiger partial charge on any atom is 0.315 e. The van der Waals surface area contributed by atoms with E-state index in [-0.39, 0.29) is 18.5 Å². The summed E-state index contributed by atoms with van der Waals surface area (Å²) in [5, 5.41) is 16.4. The molecule has 1 rings (SSSR count). The van der Waals surface area contributed by atoms with Crippen molar-refractivity contribution in [3.8, 4) is 0 Å². The third kappa shape index (κ3) is 4.81. The monoisotopic (exact) mass is 257 g/mol. The van der Waals surface area contributed by atoms with Crippen molar-refractivity contribution >= 4 is 23.3 Å². The summed E-state index contributed by atoms with van der Waals surface area (Å²) in [6.07, 6.45) is 1.57. The molecule has 0 radical (unpaired) electrons. The average Bonchev–Trinajstić information content (AvgIpc) is 2.67. The van der Waals surface area contributed by atoms with Crippen LogP contribution >= 0.6 is 11.3 Å². The molecule has 0 bridgehead atoms. The number of urea groups is 1. The highest BCUT2D eigenvalue weighted by Crippen LogP contribution is 2.14. The van der Waals surface area contributed by atoms with E-state index in [0.717, 1.165) is 5.01 Å². The second-order valence-electron chi connectivity index (χ2n) is 3.71. The molecule has 0 aliphatic carbocycles. The van der Waals surface area contributed by atoms with Crippen LogP contribution in [0.4, 0.5) is 4.79 Å². The number of aliphatic carboxylic acids is 1. The van der Waals surface area contributed by atoms with Crippen molar-refractivity contribution < 1.29 is 14.7 Å². The number of carboxylic acid groups (broad SMARTS) is 1. The Labute approximate surface area is 103 Å². The molecule has 94 valence electrons. The van der Waals surface area contributed by atoms with Crippen LogP contribution in [0.2, 0.25) is 0 Å². The molecule has 0 aliphatic rings. The van der Waals surface area contributed by atoms with Crippen LogP contribution in [0, 0.1) is 0 Å². The lowest BCUT2D eigenvalue weighted by molar-refractivity contribution is -0.137. The van der Waals surface area contributed by atoms with Gasteiger partial charge in [0.1, 0.15) is 5.01 Å². The van der Waals surface area contributed by atoms with Crippen molar-refractivity contribution in [2.45, 2.75) is 32.4 Å². The topological polar surface area (TPSA) is 91.3 Å². The van der Waals surface area contributed by atoms with Gasteiger partial charge in [0.15, 0.2) is 0 Å². The molecule has 1 heterocycles. The quantitative estimate of drug-likeness (QED) is 0.743. The Morgan fingerprint density at radius 3 is 2.71 bits per heavy atom. The zero-order chi connectivity index (χ0) is 12.8. The van der Waals surface area contributed by atoms with E-state index in [1.54, 1.807) is 13.1 Å². The second kappa shape index (κ2) is 6.19. The van der Waals surface area contributed by atoms with E-state index in [1.165, 1.54) is 11.3 Å². The molecule has 2 atom stereocenters. The molecule has 7 heteroatoms. The SMILES string of the molecule is CC(CC(=O)O)NC(=O)NC(C)c1nccs1. The lowest BCUT2D eigenvalue weighted by Crippen LogP contribution is -2.42. The van der Waals surface area contributed by atoms with Gasteiger partial charge in [0.2, 0.25) is 0 Å². The first-order valence-corrected chi connectivity index (χ1v) is 6.05. The lowest BCUT2D eigenvalue weighted by atomic mass is 10.2. The number of carbonyl (C=O) groups is 2. The lowest BCUT2D eigenvalue weighted by Gasteiger charge is -2.15. The Balaban J connectivity index is 2.37. The molecule has 0 saturated heterocycles. The molecule has 0 saturated carbocycles. The van der Waals surface area contributed by atoms with Crippen molar-refractivity contribution in [1.29, 1.82) is 0 Å². The van der Waals surface area contributed by atoms with Crippen LogP contribution in [-0.2, 0) is 4.79 Å². The smallest absolute Gasteiger partial charge is 0.315 e. The molecule has 1 aromatic rings. The minimum atomic E-state index is -0.939. The molecule has 3 N–H and O–H groups in total. The molecular formula is C10H15N3O3S. The number of thiazole rings is 1. The van der Waals surface area contributed by atoms with Crippen molar-refractivity contribution in [3.05, 3.63) is 16.6 Å². The molecule has 6 nitrogen and oxygen atoms in total. The summed E-state index contributed by atoms with van der Waals surface area (Å²) in [6.45, 7) is 3.46. The van der Waals surface area contributed by atoms with Crippen LogP contribution in [0.3, 0.4) is 0 Å². The average molecular weight is 257 g/mol. The molecule has 0 fully saturated rings. The third-order valence-corrected chi connectivity index (χ3v) is 2.99. The van der Waals surface area contributed by atoms with Gasteiger partial charge in [0.05, 0.1) is 12.5 Å². The Bertz CT molecular complexity index is 380. The van der Waals surface area contributed by atoms with E-state index in [1.807, 2.05) is 12.3 Å². The predicted octanol–water partition coefficient (Wildman–Crippen LogP) is 1.37. The van der Waals surface area contributed by atoms with Crippen LogP contribution in [0.15, 0.2) is 11.6 Å². The summed E-state index contributed by atoms with van der Waals surface area (Å²) in [5.41, 5.74) is 0. The Morgan fingerprint density at radius 1 is 1.47 bits per heavy atom. The second-order valence-corrected chi connectivity index (χ2v) is 4.63.